The zero-order valence-corrected chi connectivity index (χ0v) is 12.1. The van der Waals surface area contributed by atoms with Gasteiger partial charge in [0.1, 0.15) is 0 Å². The van der Waals surface area contributed by atoms with E-state index in [1.165, 1.54) is 0 Å². The predicted molar refractivity (Wildman–Crippen MR) is 76.9 cm³/mol. The first kappa shape index (κ1) is 13.7. The minimum Gasteiger partial charge on any atom is -0.344 e. The Kier molecular flexibility index (Phi) is 3.21. The molecule has 2 aromatic heterocycles. The van der Waals surface area contributed by atoms with Crippen molar-refractivity contribution in [1.82, 2.24) is 25.3 Å². The number of amides is 1. The van der Waals surface area contributed by atoms with E-state index in [0.717, 1.165) is 29.8 Å². The van der Waals surface area contributed by atoms with Crippen molar-refractivity contribution in [2.45, 2.75) is 31.3 Å². The lowest BCUT2D eigenvalue weighted by Crippen LogP contribution is -2.44. The van der Waals surface area contributed by atoms with E-state index in [9.17, 15) is 4.79 Å². The SMILES string of the molecule is CC(N)C(=O)NC1(c2ccc(-c3cnn(C)c3)nn2)CC1. The molecular weight excluding hydrogens is 268 g/mol. The number of hydrogen-bond acceptors (Lipinski definition) is 5. The van der Waals surface area contributed by atoms with Crippen LogP contribution >= 0.6 is 0 Å². The zero-order valence-electron chi connectivity index (χ0n) is 12.1. The molecule has 1 aliphatic rings. The van der Waals surface area contributed by atoms with Crippen LogP contribution in [0.5, 0.6) is 0 Å². The highest BCUT2D eigenvalue weighted by atomic mass is 16.2. The summed E-state index contributed by atoms with van der Waals surface area (Å²) in [5.41, 5.74) is 7.67. The predicted octanol–water partition coefficient (Wildman–Crippen LogP) is 0.330. The van der Waals surface area contributed by atoms with Crippen LogP contribution in [-0.2, 0) is 17.4 Å². The second-order valence-electron chi connectivity index (χ2n) is 5.57. The van der Waals surface area contributed by atoms with Gasteiger partial charge in [0.15, 0.2) is 0 Å². The maximum absolute atomic E-state index is 11.8. The molecule has 110 valence electrons. The van der Waals surface area contributed by atoms with Crippen LogP contribution < -0.4 is 11.1 Å². The van der Waals surface area contributed by atoms with E-state index in [0.29, 0.717) is 0 Å². The zero-order chi connectivity index (χ0) is 15.0. The molecule has 2 heterocycles. The third-order valence-electron chi connectivity index (χ3n) is 3.68. The molecule has 1 amide bonds. The monoisotopic (exact) mass is 286 g/mol. The normalized spacial score (nSPS) is 17.3. The lowest BCUT2D eigenvalue weighted by atomic mass is 10.1. The quantitative estimate of drug-likeness (QED) is 0.844. The van der Waals surface area contributed by atoms with Gasteiger partial charge in [-0.05, 0) is 31.9 Å². The molecule has 1 atom stereocenters. The van der Waals surface area contributed by atoms with Gasteiger partial charge in [0.05, 0.1) is 29.2 Å². The molecule has 0 bridgehead atoms. The molecule has 7 nitrogen and oxygen atoms in total. The van der Waals surface area contributed by atoms with Gasteiger partial charge in [0.25, 0.3) is 0 Å². The molecule has 0 aromatic carbocycles. The van der Waals surface area contributed by atoms with E-state index in [-0.39, 0.29) is 11.4 Å². The molecule has 0 saturated heterocycles. The Bertz CT molecular complexity index is 656. The fourth-order valence-electron chi connectivity index (χ4n) is 2.21. The highest BCUT2D eigenvalue weighted by Crippen LogP contribution is 2.44. The molecule has 0 radical (unpaired) electrons. The Morgan fingerprint density at radius 3 is 2.67 bits per heavy atom. The van der Waals surface area contributed by atoms with E-state index >= 15 is 0 Å². The molecule has 0 aliphatic heterocycles. The number of hydrogen-bond donors (Lipinski definition) is 2. The average Bonchev–Trinajstić information content (AvgIpc) is 3.12. The third kappa shape index (κ3) is 2.64. The first-order chi connectivity index (χ1) is 10.00. The van der Waals surface area contributed by atoms with Crippen molar-refractivity contribution >= 4 is 5.91 Å². The van der Waals surface area contributed by atoms with Crippen molar-refractivity contribution in [2.75, 3.05) is 0 Å². The molecular formula is C14H18N6O. The van der Waals surface area contributed by atoms with E-state index in [4.69, 9.17) is 5.73 Å². The molecule has 21 heavy (non-hydrogen) atoms. The number of nitrogens with zero attached hydrogens (tertiary/aromatic N) is 4. The van der Waals surface area contributed by atoms with Crippen LogP contribution in [0.15, 0.2) is 24.5 Å². The van der Waals surface area contributed by atoms with Crippen LogP contribution in [-0.4, -0.2) is 31.9 Å². The van der Waals surface area contributed by atoms with Crippen LogP contribution in [0.1, 0.15) is 25.5 Å². The largest absolute Gasteiger partial charge is 0.344 e. The lowest BCUT2D eigenvalue weighted by molar-refractivity contribution is -0.123. The van der Waals surface area contributed by atoms with Crippen LogP contribution in [0.25, 0.3) is 11.3 Å². The molecule has 3 rings (SSSR count). The highest BCUT2D eigenvalue weighted by molar-refractivity contribution is 5.82. The summed E-state index contributed by atoms with van der Waals surface area (Å²) in [4.78, 5) is 11.8. The van der Waals surface area contributed by atoms with E-state index < -0.39 is 6.04 Å². The summed E-state index contributed by atoms with van der Waals surface area (Å²) in [5.74, 6) is -0.161. The van der Waals surface area contributed by atoms with Gasteiger partial charge in [-0.15, -0.1) is 0 Å². The molecule has 1 fully saturated rings. The van der Waals surface area contributed by atoms with Crippen molar-refractivity contribution in [3.8, 4) is 11.3 Å². The average molecular weight is 286 g/mol. The molecule has 7 heteroatoms. The second-order valence-corrected chi connectivity index (χ2v) is 5.57. The van der Waals surface area contributed by atoms with Crippen LogP contribution in [0.4, 0.5) is 0 Å². The van der Waals surface area contributed by atoms with Crippen LogP contribution in [0.2, 0.25) is 0 Å². The van der Waals surface area contributed by atoms with Gasteiger partial charge in [-0.2, -0.15) is 15.3 Å². The smallest absolute Gasteiger partial charge is 0.237 e. The van der Waals surface area contributed by atoms with Crippen molar-refractivity contribution in [2.24, 2.45) is 12.8 Å². The van der Waals surface area contributed by atoms with Crippen molar-refractivity contribution in [3.05, 3.63) is 30.2 Å². The number of aromatic nitrogens is 4. The van der Waals surface area contributed by atoms with Crippen molar-refractivity contribution in [1.29, 1.82) is 0 Å². The fourth-order valence-corrected chi connectivity index (χ4v) is 2.21. The van der Waals surface area contributed by atoms with Crippen molar-refractivity contribution < 1.29 is 4.79 Å². The molecule has 1 unspecified atom stereocenters. The molecule has 1 saturated carbocycles. The summed E-state index contributed by atoms with van der Waals surface area (Å²) < 4.78 is 1.72. The molecule has 2 aromatic rings. The Hall–Kier alpha value is -2.28. The number of nitrogens with two attached hydrogens (primary N) is 1. The fraction of sp³-hybridized carbons (Fsp3) is 0.429. The minimum atomic E-state index is -0.523. The molecule has 0 spiro atoms. The van der Waals surface area contributed by atoms with Crippen LogP contribution in [0, 0.1) is 0 Å². The highest BCUT2D eigenvalue weighted by Gasteiger charge is 2.47. The summed E-state index contributed by atoms with van der Waals surface area (Å²) in [7, 11) is 1.86. The number of carbonyl (C=O) groups is 1. The van der Waals surface area contributed by atoms with Gasteiger partial charge in [-0.25, -0.2) is 0 Å². The Morgan fingerprint density at radius 1 is 1.43 bits per heavy atom. The van der Waals surface area contributed by atoms with Gasteiger partial charge in [-0.3, -0.25) is 9.48 Å². The first-order valence-corrected chi connectivity index (χ1v) is 6.91. The summed E-state index contributed by atoms with van der Waals surface area (Å²) in [6.07, 6.45) is 5.36. The van der Waals surface area contributed by atoms with Gasteiger partial charge < -0.3 is 11.1 Å². The number of rotatable bonds is 4. The molecule has 1 aliphatic carbocycles. The van der Waals surface area contributed by atoms with Gasteiger partial charge in [0, 0.05) is 18.8 Å². The summed E-state index contributed by atoms with van der Waals surface area (Å²) in [5, 5.41) is 15.6. The van der Waals surface area contributed by atoms with Gasteiger partial charge in [-0.1, -0.05) is 0 Å². The topological polar surface area (TPSA) is 98.7 Å². The maximum atomic E-state index is 11.8. The van der Waals surface area contributed by atoms with E-state index in [2.05, 4.69) is 20.6 Å². The van der Waals surface area contributed by atoms with E-state index in [1.807, 2.05) is 25.4 Å². The molecule has 3 N–H and O–H groups in total. The lowest BCUT2D eigenvalue weighted by Gasteiger charge is -2.18. The van der Waals surface area contributed by atoms with Gasteiger partial charge >= 0.3 is 0 Å². The third-order valence-corrected chi connectivity index (χ3v) is 3.68. The second kappa shape index (κ2) is 4.92. The maximum Gasteiger partial charge on any atom is 0.237 e. The number of carbonyl (C=O) groups excluding carboxylic acids is 1. The van der Waals surface area contributed by atoms with Crippen LogP contribution in [0.3, 0.4) is 0 Å². The summed E-state index contributed by atoms with van der Waals surface area (Å²) in [6, 6.07) is 3.28. The minimum absolute atomic E-state index is 0.161. The standard InChI is InChI=1S/C14H18N6O/c1-9(15)13(21)17-14(5-6-14)12-4-3-11(18-19-12)10-7-16-20(2)8-10/h3-4,7-9H,5-6,15H2,1-2H3,(H,17,21). The van der Waals surface area contributed by atoms with Gasteiger partial charge in [0.2, 0.25) is 5.91 Å². The Labute approximate surface area is 122 Å². The van der Waals surface area contributed by atoms with E-state index in [1.54, 1.807) is 17.8 Å². The number of aryl methyl sites for hydroxylation is 1. The number of nitrogens with one attached hydrogen (secondary N) is 1. The first-order valence-electron chi connectivity index (χ1n) is 6.91. The Morgan fingerprint density at radius 2 is 2.19 bits per heavy atom. The summed E-state index contributed by atoms with van der Waals surface area (Å²) >= 11 is 0. The van der Waals surface area contributed by atoms with Crippen molar-refractivity contribution in [3.63, 3.8) is 0 Å². The summed E-state index contributed by atoms with van der Waals surface area (Å²) in [6.45, 7) is 1.67. The Balaban J connectivity index is 1.80.